The van der Waals surface area contributed by atoms with Crippen LogP contribution in [0.15, 0.2) is 47.4 Å². The van der Waals surface area contributed by atoms with Crippen molar-refractivity contribution in [3.8, 4) is 5.75 Å². The Morgan fingerprint density at radius 2 is 1.68 bits per heavy atom. The molecule has 2 aromatic rings. The lowest BCUT2D eigenvalue weighted by Gasteiger charge is -2.18. The van der Waals surface area contributed by atoms with Crippen LogP contribution >= 0.6 is 11.8 Å². The first-order valence-corrected chi connectivity index (χ1v) is 8.10. The fourth-order valence-electron chi connectivity index (χ4n) is 2.20. The number of anilines is 1. The summed E-state index contributed by atoms with van der Waals surface area (Å²) in [6.07, 6.45) is 0. The maximum atomic E-state index is 12.3. The second-order valence-corrected chi connectivity index (χ2v) is 6.31. The highest BCUT2D eigenvalue weighted by molar-refractivity contribution is 8.00. The van der Waals surface area contributed by atoms with Gasteiger partial charge in [-0.2, -0.15) is 0 Å². The average Bonchev–Trinajstić information content (AvgIpc) is 2.51. The van der Waals surface area contributed by atoms with Gasteiger partial charge in [-0.3, -0.25) is 4.79 Å². The van der Waals surface area contributed by atoms with Crippen LogP contribution in [0.5, 0.6) is 5.75 Å². The zero-order chi connectivity index (χ0) is 16.1. The molecule has 3 nitrogen and oxygen atoms in total. The Balaban J connectivity index is 1.98. The Labute approximate surface area is 136 Å². The lowest BCUT2D eigenvalue weighted by Crippen LogP contribution is -2.28. The molecule has 0 aliphatic heterocycles. The van der Waals surface area contributed by atoms with Gasteiger partial charge in [-0.1, -0.05) is 6.07 Å². The first kappa shape index (κ1) is 16.4. The summed E-state index contributed by atoms with van der Waals surface area (Å²) < 4.78 is 5.13. The average molecular weight is 315 g/mol. The molecular formula is C18H21NO2S. The first-order valence-electron chi connectivity index (χ1n) is 7.11. The molecule has 2 rings (SSSR count). The molecule has 0 aliphatic carbocycles. The minimum Gasteiger partial charge on any atom is -0.497 e. The van der Waals surface area contributed by atoms with Crippen molar-refractivity contribution in [2.24, 2.45) is 0 Å². The second kappa shape index (κ2) is 7.36. The Hall–Kier alpha value is -1.94. The van der Waals surface area contributed by atoms with Crippen LogP contribution in [0.4, 0.5) is 5.69 Å². The maximum Gasteiger partial charge on any atom is 0.237 e. The monoisotopic (exact) mass is 315 g/mol. The number of hydrogen-bond acceptors (Lipinski definition) is 3. The normalized spacial score (nSPS) is 10.4. The quantitative estimate of drug-likeness (QED) is 0.779. The summed E-state index contributed by atoms with van der Waals surface area (Å²) in [6.45, 7) is 4.09. The molecule has 0 radical (unpaired) electrons. The van der Waals surface area contributed by atoms with Crippen molar-refractivity contribution >= 4 is 23.4 Å². The van der Waals surface area contributed by atoms with Gasteiger partial charge in [-0.15, -0.1) is 11.8 Å². The molecule has 0 spiro atoms. The fraction of sp³-hybridized carbons (Fsp3) is 0.278. The number of ether oxygens (including phenoxy) is 1. The molecule has 0 saturated heterocycles. The smallest absolute Gasteiger partial charge is 0.237 e. The van der Waals surface area contributed by atoms with Gasteiger partial charge in [-0.05, 0) is 61.4 Å². The summed E-state index contributed by atoms with van der Waals surface area (Å²) in [5.74, 6) is 1.32. The maximum absolute atomic E-state index is 12.3. The summed E-state index contributed by atoms with van der Waals surface area (Å²) in [5, 5.41) is 0. The van der Waals surface area contributed by atoms with Crippen molar-refractivity contribution in [2.45, 2.75) is 18.7 Å². The van der Waals surface area contributed by atoms with Gasteiger partial charge in [0.05, 0.1) is 12.9 Å². The number of carbonyl (C=O) groups is 1. The van der Waals surface area contributed by atoms with Gasteiger partial charge < -0.3 is 9.64 Å². The third-order valence-electron chi connectivity index (χ3n) is 3.39. The zero-order valence-corrected chi connectivity index (χ0v) is 14.2. The number of carbonyl (C=O) groups excluding carboxylic acids is 1. The van der Waals surface area contributed by atoms with E-state index in [1.54, 1.807) is 12.0 Å². The van der Waals surface area contributed by atoms with E-state index in [1.165, 1.54) is 11.8 Å². The Bertz CT molecular complexity index is 632. The summed E-state index contributed by atoms with van der Waals surface area (Å²) in [6, 6.07) is 13.9. The topological polar surface area (TPSA) is 29.5 Å². The standard InChI is InChI=1S/C18H21NO2S/c1-13-9-14(2)11-15(10-13)19(3)18(20)12-22-17-7-5-16(21-4)6-8-17/h5-11H,12H2,1-4H3. The molecule has 0 bridgehead atoms. The van der Waals surface area contributed by atoms with E-state index < -0.39 is 0 Å². The fourth-order valence-corrected chi connectivity index (χ4v) is 3.01. The van der Waals surface area contributed by atoms with Crippen molar-refractivity contribution in [1.82, 2.24) is 0 Å². The summed E-state index contributed by atoms with van der Waals surface area (Å²) in [4.78, 5) is 15.1. The molecule has 2 aromatic carbocycles. The van der Waals surface area contributed by atoms with Gasteiger partial charge in [0, 0.05) is 17.6 Å². The SMILES string of the molecule is COc1ccc(SCC(=O)N(C)c2cc(C)cc(C)c2)cc1. The van der Waals surface area contributed by atoms with E-state index >= 15 is 0 Å². The number of rotatable bonds is 5. The molecule has 0 N–H and O–H groups in total. The number of nitrogens with zero attached hydrogens (tertiary/aromatic N) is 1. The highest BCUT2D eigenvalue weighted by atomic mass is 32.2. The number of methoxy groups -OCH3 is 1. The van der Waals surface area contributed by atoms with Crippen LogP contribution in [0.25, 0.3) is 0 Å². The molecule has 4 heteroatoms. The largest absolute Gasteiger partial charge is 0.497 e. The van der Waals surface area contributed by atoms with Crippen LogP contribution in [-0.4, -0.2) is 25.8 Å². The van der Waals surface area contributed by atoms with E-state index in [0.717, 1.165) is 27.5 Å². The summed E-state index contributed by atoms with van der Waals surface area (Å²) in [7, 11) is 3.47. The predicted octanol–water partition coefficient (Wildman–Crippen LogP) is 4.07. The molecule has 1 amide bonds. The Morgan fingerprint density at radius 3 is 2.23 bits per heavy atom. The Kier molecular flexibility index (Phi) is 5.50. The van der Waals surface area contributed by atoms with Gasteiger partial charge >= 0.3 is 0 Å². The number of hydrogen-bond donors (Lipinski definition) is 0. The number of benzene rings is 2. The van der Waals surface area contributed by atoms with Crippen molar-refractivity contribution in [2.75, 3.05) is 24.8 Å². The minimum atomic E-state index is 0.0887. The minimum absolute atomic E-state index is 0.0887. The van der Waals surface area contributed by atoms with Crippen LogP contribution in [0.1, 0.15) is 11.1 Å². The molecule has 0 fully saturated rings. The summed E-state index contributed by atoms with van der Waals surface area (Å²) >= 11 is 1.53. The van der Waals surface area contributed by atoms with E-state index in [-0.39, 0.29) is 5.91 Å². The van der Waals surface area contributed by atoms with Crippen LogP contribution in [-0.2, 0) is 4.79 Å². The van der Waals surface area contributed by atoms with E-state index in [2.05, 4.69) is 6.07 Å². The van der Waals surface area contributed by atoms with E-state index in [4.69, 9.17) is 4.74 Å². The van der Waals surface area contributed by atoms with Crippen LogP contribution < -0.4 is 9.64 Å². The third-order valence-corrected chi connectivity index (χ3v) is 4.39. The molecule has 0 aliphatic rings. The molecule has 0 saturated carbocycles. The molecule has 0 unspecified atom stereocenters. The van der Waals surface area contributed by atoms with Gasteiger partial charge in [0.25, 0.3) is 0 Å². The Morgan fingerprint density at radius 1 is 1.09 bits per heavy atom. The lowest BCUT2D eigenvalue weighted by molar-refractivity contribution is -0.115. The molecule has 22 heavy (non-hydrogen) atoms. The van der Waals surface area contributed by atoms with E-state index in [0.29, 0.717) is 5.75 Å². The highest BCUT2D eigenvalue weighted by Crippen LogP contribution is 2.23. The number of aryl methyl sites for hydroxylation is 2. The van der Waals surface area contributed by atoms with Gasteiger partial charge in [0.2, 0.25) is 5.91 Å². The third kappa shape index (κ3) is 4.28. The van der Waals surface area contributed by atoms with Crippen molar-refractivity contribution in [3.63, 3.8) is 0 Å². The highest BCUT2D eigenvalue weighted by Gasteiger charge is 2.12. The van der Waals surface area contributed by atoms with Gasteiger partial charge in [0.1, 0.15) is 5.75 Å². The first-order chi connectivity index (χ1) is 10.5. The van der Waals surface area contributed by atoms with Crippen molar-refractivity contribution in [3.05, 3.63) is 53.6 Å². The van der Waals surface area contributed by atoms with Crippen LogP contribution in [0.3, 0.4) is 0 Å². The van der Waals surface area contributed by atoms with Gasteiger partial charge in [-0.25, -0.2) is 0 Å². The molecule has 0 heterocycles. The number of amides is 1. The molecule has 116 valence electrons. The summed E-state index contributed by atoms with van der Waals surface area (Å²) in [5.41, 5.74) is 3.27. The van der Waals surface area contributed by atoms with E-state index in [9.17, 15) is 4.79 Å². The molecule has 0 atom stereocenters. The van der Waals surface area contributed by atoms with Crippen molar-refractivity contribution < 1.29 is 9.53 Å². The van der Waals surface area contributed by atoms with Gasteiger partial charge in [0.15, 0.2) is 0 Å². The second-order valence-electron chi connectivity index (χ2n) is 5.26. The molecular weight excluding hydrogens is 294 g/mol. The zero-order valence-electron chi connectivity index (χ0n) is 13.4. The predicted molar refractivity (Wildman–Crippen MR) is 93.0 cm³/mol. The lowest BCUT2D eigenvalue weighted by atomic mass is 10.1. The van der Waals surface area contributed by atoms with E-state index in [1.807, 2.05) is 57.3 Å². The molecule has 0 aromatic heterocycles. The van der Waals surface area contributed by atoms with Crippen LogP contribution in [0.2, 0.25) is 0 Å². The van der Waals surface area contributed by atoms with Crippen LogP contribution in [0, 0.1) is 13.8 Å². The number of thioether (sulfide) groups is 1. The van der Waals surface area contributed by atoms with Crippen molar-refractivity contribution in [1.29, 1.82) is 0 Å².